The van der Waals surface area contributed by atoms with Gasteiger partial charge in [-0.05, 0) is 13.1 Å². The van der Waals surface area contributed by atoms with Crippen LogP contribution in [0.25, 0.3) is 0 Å². The molecular formula is C12H17NO3. The molecule has 2 rings (SSSR count). The Balaban J connectivity index is 2.33. The standard InChI is InChI=1S/C12H17NO3/c1-13-11-5-9(7-14)16-12-6-8(15-2)3-4-10(11)12/h3-4,6,9,11,13-14H,5,7H2,1-2H3. The molecule has 2 unspecified atom stereocenters. The highest BCUT2D eigenvalue weighted by atomic mass is 16.5. The molecule has 1 aliphatic heterocycles. The lowest BCUT2D eigenvalue weighted by Crippen LogP contribution is -2.33. The Labute approximate surface area is 95.2 Å². The topological polar surface area (TPSA) is 50.7 Å². The lowest BCUT2D eigenvalue weighted by Gasteiger charge is -2.31. The lowest BCUT2D eigenvalue weighted by atomic mass is 9.97. The van der Waals surface area contributed by atoms with Crippen molar-refractivity contribution >= 4 is 0 Å². The monoisotopic (exact) mass is 223 g/mol. The fourth-order valence-electron chi connectivity index (χ4n) is 2.03. The van der Waals surface area contributed by atoms with Crippen molar-refractivity contribution in [3.63, 3.8) is 0 Å². The maximum absolute atomic E-state index is 9.17. The summed E-state index contributed by atoms with van der Waals surface area (Å²) < 4.78 is 10.8. The summed E-state index contributed by atoms with van der Waals surface area (Å²) in [6.45, 7) is 0.0365. The van der Waals surface area contributed by atoms with Gasteiger partial charge < -0.3 is 19.9 Å². The lowest BCUT2D eigenvalue weighted by molar-refractivity contribution is 0.0843. The molecule has 1 heterocycles. The second-order valence-corrected chi connectivity index (χ2v) is 3.90. The van der Waals surface area contributed by atoms with Crippen molar-refractivity contribution in [3.8, 4) is 11.5 Å². The molecule has 0 fully saturated rings. The molecule has 4 heteroatoms. The third-order valence-corrected chi connectivity index (χ3v) is 2.94. The van der Waals surface area contributed by atoms with Gasteiger partial charge in [-0.1, -0.05) is 6.07 Å². The molecule has 0 bridgehead atoms. The van der Waals surface area contributed by atoms with Gasteiger partial charge in [0.1, 0.15) is 17.6 Å². The summed E-state index contributed by atoms with van der Waals surface area (Å²) in [5, 5.41) is 12.4. The zero-order chi connectivity index (χ0) is 11.5. The van der Waals surface area contributed by atoms with Gasteiger partial charge in [-0.25, -0.2) is 0 Å². The number of rotatable bonds is 3. The van der Waals surface area contributed by atoms with Crippen LogP contribution >= 0.6 is 0 Å². The van der Waals surface area contributed by atoms with Crippen LogP contribution in [-0.2, 0) is 0 Å². The minimum atomic E-state index is -0.142. The first-order chi connectivity index (χ1) is 7.78. The van der Waals surface area contributed by atoms with E-state index in [4.69, 9.17) is 9.47 Å². The second kappa shape index (κ2) is 4.72. The van der Waals surface area contributed by atoms with E-state index < -0.39 is 0 Å². The van der Waals surface area contributed by atoms with Crippen LogP contribution in [0.3, 0.4) is 0 Å². The zero-order valence-corrected chi connectivity index (χ0v) is 9.56. The summed E-state index contributed by atoms with van der Waals surface area (Å²) in [5.41, 5.74) is 1.12. The summed E-state index contributed by atoms with van der Waals surface area (Å²) in [4.78, 5) is 0. The second-order valence-electron chi connectivity index (χ2n) is 3.90. The number of ether oxygens (including phenoxy) is 2. The smallest absolute Gasteiger partial charge is 0.128 e. The molecule has 4 nitrogen and oxygen atoms in total. The van der Waals surface area contributed by atoms with Crippen LogP contribution in [-0.4, -0.2) is 32.0 Å². The molecule has 0 radical (unpaired) electrons. The van der Waals surface area contributed by atoms with E-state index in [1.807, 2.05) is 25.2 Å². The van der Waals surface area contributed by atoms with E-state index in [9.17, 15) is 5.11 Å². The van der Waals surface area contributed by atoms with Crippen LogP contribution in [0.2, 0.25) is 0 Å². The predicted molar refractivity (Wildman–Crippen MR) is 60.9 cm³/mol. The Morgan fingerprint density at radius 2 is 2.38 bits per heavy atom. The Kier molecular flexibility index (Phi) is 3.31. The fraction of sp³-hybridized carbons (Fsp3) is 0.500. The molecule has 16 heavy (non-hydrogen) atoms. The van der Waals surface area contributed by atoms with E-state index in [1.54, 1.807) is 7.11 Å². The highest BCUT2D eigenvalue weighted by Gasteiger charge is 2.27. The van der Waals surface area contributed by atoms with Crippen molar-refractivity contribution < 1.29 is 14.6 Å². The van der Waals surface area contributed by atoms with Gasteiger partial charge in [0.05, 0.1) is 13.7 Å². The molecule has 0 saturated heterocycles. The van der Waals surface area contributed by atoms with E-state index in [2.05, 4.69) is 5.32 Å². The molecule has 1 aliphatic rings. The van der Waals surface area contributed by atoms with Gasteiger partial charge in [0.15, 0.2) is 0 Å². The third kappa shape index (κ3) is 1.99. The molecule has 0 amide bonds. The summed E-state index contributed by atoms with van der Waals surface area (Å²) in [7, 11) is 3.54. The first-order valence-corrected chi connectivity index (χ1v) is 5.41. The number of fused-ring (bicyclic) bond motifs is 1. The fourth-order valence-corrected chi connectivity index (χ4v) is 2.03. The summed E-state index contributed by atoms with van der Waals surface area (Å²) in [6.07, 6.45) is 0.642. The molecule has 0 aliphatic carbocycles. The van der Waals surface area contributed by atoms with E-state index in [-0.39, 0.29) is 18.8 Å². The first-order valence-electron chi connectivity index (χ1n) is 5.41. The first kappa shape index (κ1) is 11.2. The molecule has 0 spiro atoms. The quantitative estimate of drug-likeness (QED) is 0.805. The predicted octanol–water partition coefficient (Wildman–Crippen LogP) is 1.10. The third-order valence-electron chi connectivity index (χ3n) is 2.94. The Hall–Kier alpha value is -1.26. The molecule has 2 N–H and O–H groups in total. The molecule has 88 valence electrons. The van der Waals surface area contributed by atoms with Crippen molar-refractivity contribution in [1.29, 1.82) is 0 Å². The van der Waals surface area contributed by atoms with Gasteiger partial charge in [0.2, 0.25) is 0 Å². The highest BCUT2D eigenvalue weighted by Crippen LogP contribution is 2.36. The molecule has 0 aromatic heterocycles. The molecule has 0 saturated carbocycles. The number of aliphatic hydroxyl groups is 1. The Morgan fingerprint density at radius 1 is 1.56 bits per heavy atom. The van der Waals surface area contributed by atoms with Crippen LogP contribution in [0.1, 0.15) is 18.0 Å². The van der Waals surface area contributed by atoms with E-state index in [0.717, 1.165) is 23.5 Å². The molecule has 1 aromatic carbocycles. The van der Waals surface area contributed by atoms with Crippen molar-refractivity contribution in [2.75, 3.05) is 20.8 Å². The Bertz CT molecular complexity index is 367. The van der Waals surface area contributed by atoms with Gasteiger partial charge in [0.25, 0.3) is 0 Å². The zero-order valence-electron chi connectivity index (χ0n) is 9.56. The number of methoxy groups -OCH3 is 1. The van der Waals surface area contributed by atoms with Crippen LogP contribution < -0.4 is 14.8 Å². The van der Waals surface area contributed by atoms with E-state index in [1.165, 1.54) is 0 Å². The molecular weight excluding hydrogens is 206 g/mol. The van der Waals surface area contributed by atoms with Gasteiger partial charge in [-0.2, -0.15) is 0 Å². The van der Waals surface area contributed by atoms with Gasteiger partial charge in [0, 0.05) is 24.1 Å². The van der Waals surface area contributed by atoms with Crippen molar-refractivity contribution in [3.05, 3.63) is 23.8 Å². The molecule has 1 aromatic rings. The normalized spacial score (nSPS) is 23.4. The minimum Gasteiger partial charge on any atom is -0.497 e. The van der Waals surface area contributed by atoms with Crippen molar-refractivity contribution in [2.45, 2.75) is 18.6 Å². The van der Waals surface area contributed by atoms with Crippen LogP contribution in [0.15, 0.2) is 18.2 Å². The van der Waals surface area contributed by atoms with Gasteiger partial charge >= 0.3 is 0 Å². The summed E-state index contributed by atoms with van der Waals surface area (Å²) >= 11 is 0. The van der Waals surface area contributed by atoms with E-state index >= 15 is 0 Å². The average molecular weight is 223 g/mol. The number of aliphatic hydroxyl groups excluding tert-OH is 1. The van der Waals surface area contributed by atoms with Crippen LogP contribution in [0, 0.1) is 0 Å². The van der Waals surface area contributed by atoms with E-state index in [0.29, 0.717) is 0 Å². The highest BCUT2D eigenvalue weighted by molar-refractivity contribution is 5.44. The number of benzene rings is 1. The summed E-state index contributed by atoms with van der Waals surface area (Å²) in [6, 6.07) is 6.02. The van der Waals surface area contributed by atoms with Crippen molar-refractivity contribution in [1.82, 2.24) is 5.32 Å². The Morgan fingerprint density at radius 3 is 3.00 bits per heavy atom. The van der Waals surface area contributed by atoms with Crippen LogP contribution in [0.5, 0.6) is 11.5 Å². The SMILES string of the molecule is CNC1CC(CO)Oc2cc(OC)ccc21. The maximum Gasteiger partial charge on any atom is 0.128 e. The minimum absolute atomic E-state index is 0.0365. The summed E-state index contributed by atoms with van der Waals surface area (Å²) in [5.74, 6) is 1.57. The number of nitrogens with one attached hydrogen (secondary N) is 1. The largest absolute Gasteiger partial charge is 0.497 e. The maximum atomic E-state index is 9.17. The number of hydrogen-bond acceptors (Lipinski definition) is 4. The van der Waals surface area contributed by atoms with Crippen molar-refractivity contribution in [2.24, 2.45) is 0 Å². The average Bonchev–Trinajstić information content (AvgIpc) is 2.36. The molecule has 2 atom stereocenters. The van der Waals surface area contributed by atoms with Gasteiger partial charge in [-0.15, -0.1) is 0 Å². The number of hydrogen-bond donors (Lipinski definition) is 2. The van der Waals surface area contributed by atoms with Gasteiger partial charge in [-0.3, -0.25) is 0 Å². The van der Waals surface area contributed by atoms with Crippen LogP contribution in [0.4, 0.5) is 0 Å².